The van der Waals surface area contributed by atoms with Gasteiger partial charge in [-0.05, 0) is 31.2 Å². The van der Waals surface area contributed by atoms with Crippen LogP contribution in [0, 0.1) is 6.92 Å². The van der Waals surface area contributed by atoms with Gasteiger partial charge < -0.3 is 15.5 Å². The van der Waals surface area contributed by atoms with Crippen LogP contribution in [-0.4, -0.2) is 4.99 Å². The second kappa shape index (κ2) is 5.01. The van der Waals surface area contributed by atoms with Crippen molar-refractivity contribution in [2.75, 3.05) is 5.32 Å². The Hall–Kier alpha value is -1.81. The fourth-order valence-corrected chi connectivity index (χ4v) is 1.78. The minimum Gasteiger partial charge on any atom is -0.467 e. The third-order valence-corrected chi connectivity index (χ3v) is 2.69. The predicted octanol–water partition coefficient (Wildman–Crippen LogP) is 2.83. The normalized spacial score (nSPS) is 10.2. The Kier molecular flexibility index (Phi) is 3.44. The van der Waals surface area contributed by atoms with Gasteiger partial charge in [0, 0.05) is 11.3 Å². The number of aryl methyl sites for hydroxylation is 1. The fourth-order valence-electron chi connectivity index (χ4n) is 1.61. The van der Waals surface area contributed by atoms with Gasteiger partial charge in [0.1, 0.15) is 10.7 Å². The molecule has 4 heteroatoms. The van der Waals surface area contributed by atoms with Gasteiger partial charge in [0.2, 0.25) is 0 Å². The minimum atomic E-state index is 0.399. The molecule has 0 fully saturated rings. The van der Waals surface area contributed by atoms with Gasteiger partial charge in [-0.3, -0.25) is 0 Å². The molecule has 0 amide bonds. The van der Waals surface area contributed by atoms with Crippen molar-refractivity contribution in [3.05, 3.63) is 53.5 Å². The van der Waals surface area contributed by atoms with E-state index in [1.165, 1.54) is 0 Å². The zero-order valence-corrected chi connectivity index (χ0v) is 10.4. The lowest BCUT2D eigenvalue weighted by molar-refractivity contribution is 0.518. The molecule has 0 aliphatic carbocycles. The second-order valence-corrected chi connectivity index (χ2v) is 4.29. The van der Waals surface area contributed by atoms with Crippen LogP contribution in [0.4, 0.5) is 5.69 Å². The second-order valence-electron chi connectivity index (χ2n) is 3.85. The van der Waals surface area contributed by atoms with E-state index in [9.17, 15) is 0 Å². The lowest BCUT2D eigenvalue weighted by Gasteiger charge is -2.11. The minimum absolute atomic E-state index is 0.399. The maximum atomic E-state index is 5.70. The zero-order valence-electron chi connectivity index (χ0n) is 9.57. The summed E-state index contributed by atoms with van der Waals surface area (Å²) in [5.41, 5.74) is 8.63. The molecule has 0 aliphatic rings. The van der Waals surface area contributed by atoms with E-state index in [0.717, 1.165) is 22.6 Å². The standard InChI is InChI=1S/C13H14N2OS/c1-9-4-5-12(11(7-9)13(14)17)15-8-10-3-2-6-16-10/h2-7,15H,8H2,1H3,(H2,14,17). The molecule has 0 saturated heterocycles. The highest BCUT2D eigenvalue weighted by atomic mass is 32.1. The van der Waals surface area contributed by atoms with Gasteiger partial charge in [0.25, 0.3) is 0 Å². The largest absolute Gasteiger partial charge is 0.467 e. The Bertz CT molecular complexity index is 520. The number of benzene rings is 1. The van der Waals surface area contributed by atoms with E-state index in [1.807, 2.05) is 37.3 Å². The van der Waals surface area contributed by atoms with E-state index < -0.39 is 0 Å². The average Bonchev–Trinajstić information content (AvgIpc) is 2.80. The number of furan rings is 1. The van der Waals surface area contributed by atoms with Crippen LogP contribution >= 0.6 is 12.2 Å². The van der Waals surface area contributed by atoms with E-state index in [2.05, 4.69) is 5.32 Å². The van der Waals surface area contributed by atoms with Crippen molar-refractivity contribution in [2.45, 2.75) is 13.5 Å². The molecule has 88 valence electrons. The number of anilines is 1. The average molecular weight is 246 g/mol. The molecule has 2 rings (SSSR count). The van der Waals surface area contributed by atoms with Crippen molar-refractivity contribution in [3.63, 3.8) is 0 Å². The summed E-state index contributed by atoms with van der Waals surface area (Å²) in [7, 11) is 0. The molecule has 3 N–H and O–H groups in total. The van der Waals surface area contributed by atoms with E-state index in [0.29, 0.717) is 11.5 Å². The van der Waals surface area contributed by atoms with Crippen LogP contribution in [0.5, 0.6) is 0 Å². The summed E-state index contributed by atoms with van der Waals surface area (Å²) in [5, 5.41) is 3.26. The molecule has 2 aromatic rings. The lowest BCUT2D eigenvalue weighted by Crippen LogP contribution is -2.13. The molecule has 1 aromatic heterocycles. The molecule has 0 radical (unpaired) electrons. The summed E-state index contributed by atoms with van der Waals surface area (Å²) in [5.74, 6) is 0.875. The van der Waals surface area contributed by atoms with Crippen LogP contribution in [0.2, 0.25) is 0 Å². The highest BCUT2D eigenvalue weighted by molar-refractivity contribution is 7.80. The number of rotatable bonds is 4. The van der Waals surface area contributed by atoms with Crippen LogP contribution in [0.1, 0.15) is 16.9 Å². The quantitative estimate of drug-likeness (QED) is 0.814. The third-order valence-electron chi connectivity index (χ3n) is 2.47. The molecule has 0 spiro atoms. The Balaban J connectivity index is 2.17. The summed E-state index contributed by atoms with van der Waals surface area (Å²) in [6, 6.07) is 9.76. The maximum absolute atomic E-state index is 5.70. The van der Waals surface area contributed by atoms with Gasteiger partial charge in [-0.15, -0.1) is 0 Å². The first kappa shape index (κ1) is 11.7. The summed E-state index contributed by atoms with van der Waals surface area (Å²) in [6.07, 6.45) is 1.65. The Morgan fingerprint density at radius 3 is 2.88 bits per heavy atom. The van der Waals surface area contributed by atoms with E-state index in [-0.39, 0.29) is 0 Å². The summed E-state index contributed by atoms with van der Waals surface area (Å²) < 4.78 is 5.25. The molecule has 0 saturated carbocycles. The van der Waals surface area contributed by atoms with Gasteiger partial charge >= 0.3 is 0 Å². The van der Waals surface area contributed by atoms with Crippen molar-refractivity contribution >= 4 is 22.9 Å². The Morgan fingerprint density at radius 1 is 1.41 bits per heavy atom. The van der Waals surface area contributed by atoms with Crippen LogP contribution in [0.15, 0.2) is 41.0 Å². The predicted molar refractivity (Wildman–Crippen MR) is 73.1 cm³/mol. The van der Waals surface area contributed by atoms with Crippen molar-refractivity contribution < 1.29 is 4.42 Å². The Morgan fingerprint density at radius 2 is 2.24 bits per heavy atom. The molecule has 0 atom stereocenters. The molecule has 1 aromatic carbocycles. The number of nitrogens with one attached hydrogen (secondary N) is 1. The van der Waals surface area contributed by atoms with Crippen molar-refractivity contribution in [1.29, 1.82) is 0 Å². The number of hydrogen-bond acceptors (Lipinski definition) is 3. The van der Waals surface area contributed by atoms with Gasteiger partial charge in [0.15, 0.2) is 0 Å². The zero-order chi connectivity index (χ0) is 12.3. The maximum Gasteiger partial charge on any atom is 0.122 e. The number of hydrogen-bond donors (Lipinski definition) is 2. The SMILES string of the molecule is Cc1ccc(NCc2ccco2)c(C(N)=S)c1. The van der Waals surface area contributed by atoms with Crippen LogP contribution in [0.25, 0.3) is 0 Å². The topological polar surface area (TPSA) is 51.2 Å². The highest BCUT2D eigenvalue weighted by Crippen LogP contribution is 2.18. The first-order valence-electron chi connectivity index (χ1n) is 5.33. The van der Waals surface area contributed by atoms with Crippen LogP contribution in [-0.2, 0) is 6.54 Å². The fraction of sp³-hybridized carbons (Fsp3) is 0.154. The first-order valence-corrected chi connectivity index (χ1v) is 5.74. The van der Waals surface area contributed by atoms with Crippen LogP contribution < -0.4 is 11.1 Å². The van der Waals surface area contributed by atoms with Gasteiger partial charge in [-0.2, -0.15) is 0 Å². The van der Waals surface area contributed by atoms with Crippen molar-refractivity contribution in [2.24, 2.45) is 5.73 Å². The van der Waals surface area contributed by atoms with Crippen molar-refractivity contribution in [1.82, 2.24) is 0 Å². The molecular weight excluding hydrogens is 232 g/mol. The number of nitrogens with two attached hydrogens (primary N) is 1. The Labute approximate surface area is 106 Å². The summed E-state index contributed by atoms with van der Waals surface area (Å²) in [4.78, 5) is 0.399. The van der Waals surface area contributed by atoms with Crippen molar-refractivity contribution in [3.8, 4) is 0 Å². The molecule has 3 nitrogen and oxygen atoms in total. The van der Waals surface area contributed by atoms with E-state index >= 15 is 0 Å². The summed E-state index contributed by atoms with van der Waals surface area (Å²) in [6.45, 7) is 2.63. The lowest BCUT2D eigenvalue weighted by atomic mass is 10.1. The molecule has 0 unspecified atom stereocenters. The van der Waals surface area contributed by atoms with Gasteiger partial charge in [-0.1, -0.05) is 23.8 Å². The van der Waals surface area contributed by atoms with E-state index in [1.54, 1.807) is 6.26 Å². The molecule has 0 aliphatic heterocycles. The smallest absolute Gasteiger partial charge is 0.122 e. The van der Waals surface area contributed by atoms with Crippen LogP contribution in [0.3, 0.4) is 0 Å². The van der Waals surface area contributed by atoms with E-state index in [4.69, 9.17) is 22.4 Å². The third kappa shape index (κ3) is 2.85. The highest BCUT2D eigenvalue weighted by Gasteiger charge is 2.05. The molecule has 1 heterocycles. The number of thiocarbonyl (C=S) groups is 1. The molecule has 17 heavy (non-hydrogen) atoms. The summed E-state index contributed by atoms with van der Waals surface area (Å²) >= 11 is 5.04. The monoisotopic (exact) mass is 246 g/mol. The first-order chi connectivity index (χ1) is 8.16. The van der Waals surface area contributed by atoms with Gasteiger partial charge in [0.05, 0.1) is 12.8 Å². The molecular formula is C13H14N2OS. The van der Waals surface area contributed by atoms with Gasteiger partial charge in [-0.25, -0.2) is 0 Å². The molecule has 0 bridgehead atoms.